The Morgan fingerprint density at radius 2 is 1.88 bits per heavy atom. The van der Waals surface area contributed by atoms with Crippen LogP contribution in [0.4, 0.5) is 13.2 Å². The second kappa shape index (κ2) is 6.99. The van der Waals surface area contributed by atoms with Crippen molar-refractivity contribution in [3.05, 3.63) is 17.8 Å². The molecule has 0 unspecified atom stereocenters. The van der Waals surface area contributed by atoms with Crippen LogP contribution in [-0.2, 0) is 16.7 Å². The number of nitrogens with zero attached hydrogens (tertiary/aromatic N) is 2. The van der Waals surface area contributed by atoms with E-state index in [0.717, 1.165) is 44.3 Å². The first-order chi connectivity index (χ1) is 11.7. The van der Waals surface area contributed by atoms with Crippen molar-refractivity contribution in [3.63, 3.8) is 0 Å². The predicted molar refractivity (Wildman–Crippen MR) is 82.6 cm³/mol. The minimum Gasteiger partial charge on any atom is -0.485 e. The van der Waals surface area contributed by atoms with Crippen LogP contribution in [0.2, 0.25) is 0 Å². The third-order valence-corrected chi connectivity index (χ3v) is 4.96. The molecule has 1 aromatic heterocycles. The average molecular weight is 380 g/mol. The van der Waals surface area contributed by atoms with E-state index in [0.29, 0.717) is 6.54 Å². The lowest BCUT2D eigenvalue weighted by Crippen LogP contribution is -2.29. The van der Waals surface area contributed by atoms with E-state index in [1.807, 2.05) is 0 Å². The lowest BCUT2D eigenvalue weighted by Gasteiger charge is -2.26. The number of rotatable bonds is 6. The highest BCUT2D eigenvalue weighted by Gasteiger charge is 2.49. The monoisotopic (exact) mass is 380 g/mol. The number of hydrogen-bond donors (Lipinski definition) is 0. The summed E-state index contributed by atoms with van der Waals surface area (Å²) in [5.41, 5.74) is -4.77. The summed E-state index contributed by atoms with van der Waals surface area (Å²) in [6.45, 7) is 2.47. The SMILES string of the molecule is O=S(=O)(Oc1ncc(CN2CCCCC2)cc1OC1CC1)C(F)(F)F. The zero-order valence-electron chi connectivity index (χ0n) is 13.5. The minimum absolute atomic E-state index is 0.0650. The molecule has 0 bridgehead atoms. The summed E-state index contributed by atoms with van der Waals surface area (Å²) >= 11 is 0. The molecule has 1 aromatic rings. The smallest absolute Gasteiger partial charge is 0.485 e. The number of aromatic nitrogens is 1. The van der Waals surface area contributed by atoms with Gasteiger partial charge in [0.15, 0.2) is 5.75 Å². The molecule has 0 amide bonds. The summed E-state index contributed by atoms with van der Waals surface area (Å²) in [5, 5.41) is 0. The van der Waals surface area contributed by atoms with E-state index in [4.69, 9.17) is 4.74 Å². The van der Waals surface area contributed by atoms with Gasteiger partial charge in [-0.05, 0) is 50.4 Å². The second-order valence-corrected chi connectivity index (χ2v) is 7.82. The fourth-order valence-electron chi connectivity index (χ4n) is 2.60. The zero-order chi connectivity index (χ0) is 18.1. The Morgan fingerprint density at radius 3 is 2.48 bits per heavy atom. The summed E-state index contributed by atoms with van der Waals surface area (Å²) in [6.07, 6.45) is 6.11. The van der Waals surface area contributed by atoms with Crippen LogP contribution in [0.1, 0.15) is 37.7 Å². The van der Waals surface area contributed by atoms with Crippen molar-refractivity contribution >= 4 is 10.1 Å². The molecule has 0 atom stereocenters. The fourth-order valence-corrected chi connectivity index (χ4v) is 3.03. The number of ether oxygens (including phenoxy) is 1. The van der Waals surface area contributed by atoms with Crippen LogP contribution in [0.5, 0.6) is 11.6 Å². The van der Waals surface area contributed by atoms with Crippen LogP contribution in [-0.4, -0.2) is 43.0 Å². The summed E-state index contributed by atoms with van der Waals surface area (Å²) in [7, 11) is -5.78. The van der Waals surface area contributed by atoms with Crippen LogP contribution in [0.25, 0.3) is 0 Å². The molecule has 2 aliphatic rings. The molecule has 140 valence electrons. The van der Waals surface area contributed by atoms with Gasteiger partial charge in [-0.2, -0.15) is 21.6 Å². The van der Waals surface area contributed by atoms with Crippen molar-refractivity contribution < 1.29 is 30.5 Å². The normalized spacial score (nSPS) is 19.6. The molecular weight excluding hydrogens is 361 g/mol. The maximum absolute atomic E-state index is 12.5. The van der Waals surface area contributed by atoms with E-state index in [9.17, 15) is 21.6 Å². The van der Waals surface area contributed by atoms with E-state index >= 15 is 0 Å². The Morgan fingerprint density at radius 1 is 1.20 bits per heavy atom. The van der Waals surface area contributed by atoms with Crippen molar-refractivity contribution in [2.75, 3.05) is 13.1 Å². The largest absolute Gasteiger partial charge is 0.534 e. The summed E-state index contributed by atoms with van der Waals surface area (Å²) < 4.78 is 69.7. The van der Waals surface area contributed by atoms with E-state index in [2.05, 4.69) is 14.1 Å². The van der Waals surface area contributed by atoms with Crippen molar-refractivity contribution in [2.45, 2.75) is 50.3 Å². The van der Waals surface area contributed by atoms with Gasteiger partial charge < -0.3 is 8.92 Å². The van der Waals surface area contributed by atoms with E-state index in [1.54, 1.807) is 0 Å². The molecule has 0 radical (unpaired) electrons. The van der Waals surface area contributed by atoms with Gasteiger partial charge in [-0.1, -0.05) is 6.42 Å². The third kappa shape index (κ3) is 4.75. The van der Waals surface area contributed by atoms with E-state index < -0.39 is 21.5 Å². The Labute approximate surface area is 144 Å². The zero-order valence-corrected chi connectivity index (χ0v) is 14.3. The molecule has 25 heavy (non-hydrogen) atoms. The number of alkyl halides is 3. The van der Waals surface area contributed by atoms with Crippen LogP contribution >= 0.6 is 0 Å². The van der Waals surface area contributed by atoms with Crippen LogP contribution in [0.15, 0.2) is 12.3 Å². The first kappa shape index (κ1) is 18.2. The van der Waals surface area contributed by atoms with Crippen molar-refractivity contribution in [1.29, 1.82) is 0 Å². The van der Waals surface area contributed by atoms with Gasteiger partial charge in [-0.15, -0.1) is 0 Å². The molecule has 0 N–H and O–H groups in total. The predicted octanol–water partition coefficient (Wildman–Crippen LogP) is 2.84. The van der Waals surface area contributed by atoms with Crippen LogP contribution < -0.4 is 8.92 Å². The molecule has 6 nitrogen and oxygen atoms in total. The molecule has 2 heterocycles. The molecule has 3 rings (SSSR count). The third-order valence-electron chi connectivity index (χ3n) is 4.02. The van der Waals surface area contributed by atoms with Gasteiger partial charge in [-0.25, -0.2) is 4.98 Å². The number of hydrogen-bond acceptors (Lipinski definition) is 6. The highest BCUT2D eigenvalue weighted by molar-refractivity contribution is 7.87. The van der Waals surface area contributed by atoms with E-state index in [-0.39, 0.29) is 11.9 Å². The van der Waals surface area contributed by atoms with Gasteiger partial charge >= 0.3 is 15.6 Å². The van der Waals surface area contributed by atoms with E-state index in [1.165, 1.54) is 18.7 Å². The lowest BCUT2D eigenvalue weighted by molar-refractivity contribution is -0.0502. The Kier molecular flexibility index (Phi) is 5.10. The first-order valence-electron chi connectivity index (χ1n) is 8.13. The van der Waals surface area contributed by atoms with Gasteiger partial charge in [0, 0.05) is 12.7 Å². The number of halogens is 3. The van der Waals surface area contributed by atoms with Gasteiger partial charge in [0.2, 0.25) is 0 Å². The molecule has 1 saturated heterocycles. The van der Waals surface area contributed by atoms with Gasteiger partial charge in [0.1, 0.15) is 0 Å². The van der Waals surface area contributed by atoms with Gasteiger partial charge in [-0.3, -0.25) is 4.90 Å². The summed E-state index contributed by atoms with van der Waals surface area (Å²) in [4.78, 5) is 5.99. The van der Waals surface area contributed by atoms with Crippen molar-refractivity contribution in [1.82, 2.24) is 9.88 Å². The van der Waals surface area contributed by atoms with Crippen LogP contribution in [0, 0.1) is 0 Å². The maximum Gasteiger partial charge on any atom is 0.534 e. The topological polar surface area (TPSA) is 68.7 Å². The maximum atomic E-state index is 12.5. The van der Waals surface area contributed by atoms with Gasteiger partial charge in [0.05, 0.1) is 6.10 Å². The highest BCUT2D eigenvalue weighted by Crippen LogP contribution is 2.36. The molecule has 2 fully saturated rings. The highest BCUT2D eigenvalue weighted by atomic mass is 32.2. The standard InChI is InChI=1S/C15H19F3N2O4S/c16-15(17,18)25(21,22)24-14-13(23-12-4-5-12)8-11(9-19-14)10-20-6-2-1-3-7-20/h8-9,12H,1-7,10H2. The average Bonchev–Trinajstić information content (AvgIpc) is 3.34. The number of pyridine rings is 1. The van der Waals surface area contributed by atoms with Gasteiger partial charge in [0.25, 0.3) is 5.88 Å². The first-order valence-corrected chi connectivity index (χ1v) is 9.54. The summed E-state index contributed by atoms with van der Waals surface area (Å²) in [6, 6.07) is 1.52. The molecule has 0 aromatic carbocycles. The Balaban J connectivity index is 1.79. The number of piperidine rings is 1. The molecule has 1 saturated carbocycles. The molecule has 10 heteroatoms. The van der Waals surface area contributed by atoms with Crippen LogP contribution in [0.3, 0.4) is 0 Å². The quantitative estimate of drug-likeness (QED) is 0.558. The van der Waals surface area contributed by atoms with Crippen molar-refractivity contribution in [3.8, 4) is 11.6 Å². The molecule has 1 aliphatic carbocycles. The molecule has 0 spiro atoms. The Bertz CT molecular complexity index is 714. The Hall–Kier alpha value is -1.55. The molecular formula is C15H19F3N2O4S. The lowest BCUT2D eigenvalue weighted by atomic mass is 10.1. The summed E-state index contributed by atoms with van der Waals surface area (Å²) in [5.74, 6) is -0.739. The fraction of sp³-hybridized carbons (Fsp3) is 0.667. The number of likely N-dealkylation sites (tertiary alicyclic amines) is 1. The van der Waals surface area contributed by atoms with Crippen molar-refractivity contribution in [2.24, 2.45) is 0 Å². The molecule has 1 aliphatic heterocycles. The minimum atomic E-state index is -5.78. The second-order valence-electron chi connectivity index (χ2n) is 6.28.